The van der Waals surface area contributed by atoms with Crippen LogP contribution in [0.5, 0.6) is 11.5 Å². The summed E-state index contributed by atoms with van der Waals surface area (Å²) in [6.07, 6.45) is 3.92. The fourth-order valence-electron chi connectivity index (χ4n) is 4.01. The van der Waals surface area contributed by atoms with Crippen molar-refractivity contribution in [2.45, 2.75) is 18.8 Å². The number of hydrogen-bond donors (Lipinski definition) is 0. The van der Waals surface area contributed by atoms with Crippen molar-refractivity contribution in [1.29, 1.82) is 0 Å². The van der Waals surface area contributed by atoms with Crippen LogP contribution in [0.15, 0.2) is 79.0 Å². The van der Waals surface area contributed by atoms with Crippen LogP contribution in [0.2, 0.25) is 0 Å². The highest BCUT2D eigenvalue weighted by Gasteiger charge is 2.28. The molecule has 4 aromatic rings. The molecule has 6 nitrogen and oxygen atoms in total. The number of nitrogens with zero attached hydrogens (tertiary/aromatic N) is 4. The Morgan fingerprint density at radius 1 is 0.933 bits per heavy atom. The number of para-hydroxylation sites is 1. The normalized spacial score (nSPS) is 16.5. The van der Waals surface area contributed by atoms with E-state index in [1.807, 2.05) is 88.3 Å². The lowest BCUT2D eigenvalue weighted by atomic mass is 9.96. The molecule has 6 heteroatoms. The molecule has 1 amide bonds. The molecule has 0 bridgehead atoms. The van der Waals surface area contributed by atoms with Crippen molar-refractivity contribution in [2.24, 2.45) is 0 Å². The molecule has 0 unspecified atom stereocenters. The Bertz CT molecular complexity index is 1170. The van der Waals surface area contributed by atoms with E-state index in [0.717, 1.165) is 36.6 Å². The zero-order chi connectivity index (χ0) is 20.3. The molecule has 1 fully saturated rings. The van der Waals surface area contributed by atoms with Gasteiger partial charge in [-0.3, -0.25) is 9.20 Å². The van der Waals surface area contributed by atoms with E-state index in [2.05, 4.69) is 10.2 Å². The molecule has 1 saturated heterocycles. The summed E-state index contributed by atoms with van der Waals surface area (Å²) in [6, 6.07) is 22.8. The molecule has 0 N–H and O–H groups in total. The summed E-state index contributed by atoms with van der Waals surface area (Å²) in [5.74, 6) is 2.52. The molecule has 3 heterocycles. The number of fused-ring (bicyclic) bond motifs is 1. The van der Waals surface area contributed by atoms with Gasteiger partial charge < -0.3 is 9.64 Å². The molecule has 0 saturated carbocycles. The van der Waals surface area contributed by atoms with Crippen LogP contribution in [-0.2, 0) is 0 Å². The minimum absolute atomic E-state index is 0.0204. The Morgan fingerprint density at radius 2 is 1.77 bits per heavy atom. The van der Waals surface area contributed by atoms with Gasteiger partial charge in [0.05, 0.1) is 0 Å². The number of ether oxygens (including phenoxy) is 1. The van der Waals surface area contributed by atoms with Crippen LogP contribution >= 0.6 is 0 Å². The highest BCUT2D eigenvalue weighted by molar-refractivity contribution is 5.94. The number of carbonyl (C=O) groups is 1. The van der Waals surface area contributed by atoms with Crippen molar-refractivity contribution in [3.8, 4) is 11.5 Å². The van der Waals surface area contributed by atoms with E-state index in [-0.39, 0.29) is 11.8 Å². The fraction of sp³-hybridized carbons (Fsp3) is 0.208. The molecule has 150 valence electrons. The lowest BCUT2D eigenvalue weighted by Crippen LogP contribution is -2.39. The first-order valence-electron chi connectivity index (χ1n) is 10.2. The molecular formula is C24H22N4O2. The van der Waals surface area contributed by atoms with Crippen LogP contribution < -0.4 is 4.74 Å². The number of amides is 1. The molecule has 2 aromatic heterocycles. The number of benzene rings is 2. The predicted octanol–water partition coefficient (Wildman–Crippen LogP) is 4.54. The number of piperidine rings is 1. The third-order valence-electron chi connectivity index (χ3n) is 5.47. The fourth-order valence-corrected chi connectivity index (χ4v) is 4.01. The molecule has 30 heavy (non-hydrogen) atoms. The zero-order valence-corrected chi connectivity index (χ0v) is 16.5. The SMILES string of the molecule is O=C(c1cccc(Oc2ccccc2)c1)N1CCC[C@@H](c2nnc3ccccn23)C1. The predicted molar refractivity (Wildman–Crippen MR) is 114 cm³/mol. The first kappa shape index (κ1) is 18.4. The number of hydrogen-bond acceptors (Lipinski definition) is 4. The monoisotopic (exact) mass is 398 g/mol. The largest absolute Gasteiger partial charge is 0.457 e. The average molecular weight is 398 g/mol. The van der Waals surface area contributed by atoms with Crippen LogP contribution in [0, 0.1) is 0 Å². The topological polar surface area (TPSA) is 59.7 Å². The van der Waals surface area contributed by atoms with E-state index in [0.29, 0.717) is 17.9 Å². The van der Waals surface area contributed by atoms with E-state index in [9.17, 15) is 4.79 Å². The van der Waals surface area contributed by atoms with E-state index in [1.165, 1.54) is 0 Å². The second-order valence-electron chi connectivity index (χ2n) is 7.52. The molecule has 1 aliphatic heterocycles. The zero-order valence-electron chi connectivity index (χ0n) is 16.5. The molecule has 1 aliphatic rings. The number of pyridine rings is 1. The Balaban J connectivity index is 1.34. The minimum Gasteiger partial charge on any atom is -0.457 e. The Kier molecular flexibility index (Phi) is 4.89. The molecular weight excluding hydrogens is 376 g/mol. The maximum Gasteiger partial charge on any atom is 0.254 e. The number of rotatable bonds is 4. The van der Waals surface area contributed by atoms with E-state index < -0.39 is 0 Å². The minimum atomic E-state index is 0.0204. The summed E-state index contributed by atoms with van der Waals surface area (Å²) in [5, 5.41) is 8.67. The molecule has 5 rings (SSSR count). The summed E-state index contributed by atoms with van der Waals surface area (Å²) in [4.78, 5) is 15.1. The smallest absolute Gasteiger partial charge is 0.254 e. The van der Waals surface area contributed by atoms with Gasteiger partial charge in [0.25, 0.3) is 5.91 Å². The maximum absolute atomic E-state index is 13.2. The molecule has 2 aromatic carbocycles. The van der Waals surface area contributed by atoms with Crippen LogP contribution in [0.4, 0.5) is 0 Å². The Hall–Kier alpha value is -3.67. The van der Waals surface area contributed by atoms with Crippen molar-refractivity contribution in [3.05, 3.63) is 90.4 Å². The van der Waals surface area contributed by atoms with Gasteiger partial charge >= 0.3 is 0 Å². The molecule has 0 aliphatic carbocycles. The summed E-state index contributed by atoms with van der Waals surface area (Å²) in [7, 11) is 0. The van der Waals surface area contributed by atoms with Crippen molar-refractivity contribution < 1.29 is 9.53 Å². The van der Waals surface area contributed by atoms with E-state index in [4.69, 9.17) is 4.74 Å². The second-order valence-corrected chi connectivity index (χ2v) is 7.52. The lowest BCUT2D eigenvalue weighted by Gasteiger charge is -2.32. The number of likely N-dealkylation sites (tertiary alicyclic amines) is 1. The standard InChI is InChI=1S/C24H22N4O2/c29-24(18-8-6-12-21(16-18)30-20-10-2-1-3-11-20)27-14-7-9-19(17-27)23-26-25-22-13-4-5-15-28(22)23/h1-6,8,10-13,15-16,19H,7,9,14,17H2/t19-/m1/s1. The third-order valence-corrected chi connectivity index (χ3v) is 5.47. The summed E-state index contributed by atoms with van der Waals surface area (Å²) in [5.41, 5.74) is 1.47. The third kappa shape index (κ3) is 3.64. The van der Waals surface area contributed by atoms with E-state index in [1.54, 1.807) is 0 Å². The summed E-state index contributed by atoms with van der Waals surface area (Å²) >= 11 is 0. The Morgan fingerprint density at radius 3 is 2.67 bits per heavy atom. The Labute approximate surface area is 174 Å². The van der Waals surface area contributed by atoms with Gasteiger partial charge in [0.1, 0.15) is 17.3 Å². The maximum atomic E-state index is 13.2. The second kappa shape index (κ2) is 7.99. The van der Waals surface area contributed by atoms with Crippen LogP contribution in [0.3, 0.4) is 0 Å². The van der Waals surface area contributed by atoms with Crippen LogP contribution in [-0.4, -0.2) is 38.5 Å². The number of aromatic nitrogens is 3. The first-order chi connectivity index (χ1) is 14.8. The highest BCUT2D eigenvalue weighted by Crippen LogP contribution is 2.28. The lowest BCUT2D eigenvalue weighted by molar-refractivity contribution is 0.0704. The van der Waals surface area contributed by atoms with Gasteiger partial charge in [-0.15, -0.1) is 10.2 Å². The van der Waals surface area contributed by atoms with Gasteiger partial charge in [0.15, 0.2) is 5.65 Å². The molecule has 1 atom stereocenters. The highest BCUT2D eigenvalue weighted by atomic mass is 16.5. The van der Waals surface area contributed by atoms with Gasteiger partial charge in [0.2, 0.25) is 0 Å². The van der Waals surface area contributed by atoms with Crippen molar-refractivity contribution in [1.82, 2.24) is 19.5 Å². The first-order valence-corrected chi connectivity index (χ1v) is 10.2. The van der Waals surface area contributed by atoms with Crippen molar-refractivity contribution in [2.75, 3.05) is 13.1 Å². The van der Waals surface area contributed by atoms with Crippen LogP contribution in [0.25, 0.3) is 5.65 Å². The summed E-state index contributed by atoms with van der Waals surface area (Å²) < 4.78 is 7.91. The molecule has 0 radical (unpaired) electrons. The van der Waals surface area contributed by atoms with Gasteiger partial charge in [-0.1, -0.05) is 30.3 Å². The van der Waals surface area contributed by atoms with Crippen molar-refractivity contribution >= 4 is 11.6 Å². The van der Waals surface area contributed by atoms with Crippen LogP contribution in [0.1, 0.15) is 34.9 Å². The molecule has 0 spiro atoms. The van der Waals surface area contributed by atoms with E-state index >= 15 is 0 Å². The van der Waals surface area contributed by atoms with Gasteiger partial charge in [-0.2, -0.15) is 0 Å². The van der Waals surface area contributed by atoms with Gasteiger partial charge in [-0.25, -0.2) is 0 Å². The van der Waals surface area contributed by atoms with Gasteiger partial charge in [0, 0.05) is 30.8 Å². The quantitative estimate of drug-likeness (QED) is 0.506. The van der Waals surface area contributed by atoms with Crippen molar-refractivity contribution in [3.63, 3.8) is 0 Å². The van der Waals surface area contributed by atoms with Gasteiger partial charge in [-0.05, 0) is 55.3 Å². The summed E-state index contributed by atoms with van der Waals surface area (Å²) in [6.45, 7) is 1.38. The average Bonchev–Trinajstić information content (AvgIpc) is 3.24. The number of carbonyl (C=O) groups excluding carboxylic acids is 1.